The smallest absolute Gasteiger partial charge is 0.256 e. The van der Waals surface area contributed by atoms with Crippen molar-refractivity contribution < 1.29 is 19.1 Å². The van der Waals surface area contributed by atoms with E-state index in [0.29, 0.717) is 30.3 Å². The third-order valence-electron chi connectivity index (χ3n) is 6.35. The zero-order valence-electron chi connectivity index (χ0n) is 19.9. The molecule has 5 rings (SSSR count). The molecule has 35 heavy (non-hydrogen) atoms. The van der Waals surface area contributed by atoms with Gasteiger partial charge in [-0.3, -0.25) is 9.59 Å². The summed E-state index contributed by atoms with van der Waals surface area (Å²) in [5.74, 6) is 1.81. The summed E-state index contributed by atoms with van der Waals surface area (Å²) < 4.78 is 10.7. The van der Waals surface area contributed by atoms with Gasteiger partial charge in [0.15, 0.2) is 11.5 Å². The van der Waals surface area contributed by atoms with Crippen molar-refractivity contribution in [3.05, 3.63) is 89.0 Å². The van der Waals surface area contributed by atoms with Crippen LogP contribution in [0.4, 0.5) is 5.69 Å². The molecule has 3 aromatic rings. The fourth-order valence-corrected chi connectivity index (χ4v) is 4.36. The Morgan fingerprint density at radius 3 is 2.60 bits per heavy atom. The molecule has 2 heterocycles. The molecule has 0 fully saturated rings. The molecule has 0 spiro atoms. The molecule has 3 aromatic carbocycles. The molecule has 180 valence electrons. The first kappa shape index (κ1) is 22.8. The zero-order chi connectivity index (χ0) is 24.4. The van der Waals surface area contributed by atoms with Crippen molar-refractivity contribution in [1.82, 2.24) is 10.2 Å². The third-order valence-corrected chi connectivity index (χ3v) is 6.35. The maximum Gasteiger partial charge on any atom is 0.256 e. The van der Waals surface area contributed by atoms with E-state index in [2.05, 4.69) is 24.5 Å². The minimum atomic E-state index is -0.233. The predicted molar refractivity (Wildman–Crippen MR) is 133 cm³/mol. The second kappa shape index (κ2) is 9.70. The number of hydrogen-bond donors (Lipinski definition) is 2. The first-order valence-corrected chi connectivity index (χ1v) is 11.9. The lowest BCUT2D eigenvalue weighted by molar-refractivity contribution is 0.0734. The SMILES string of the molecule is CC(C)CCN1C(=O)c2ccccc2[C@H]1Nc1ccc(C(=O)NCc2ccc3c(c2)OCO3)cc1. The van der Waals surface area contributed by atoms with Crippen molar-refractivity contribution in [2.75, 3.05) is 18.7 Å². The van der Waals surface area contributed by atoms with Crippen LogP contribution in [0.3, 0.4) is 0 Å². The minimum absolute atomic E-state index is 0.0539. The number of fused-ring (bicyclic) bond motifs is 2. The summed E-state index contributed by atoms with van der Waals surface area (Å²) in [5, 5.41) is 6.44. The van der Waals surface area contributed by atoms with E-state index in [1.165, 1.54) is 0 Å². The van der Waals surface area contributed by atoms with Crippen LogP contribution in [0, 0.1) is 5.92 Å². The van der Waals surface area contributed by atoms with Crippen molar-refractivity contribution in [2.24, 2.45) is 5.92 Å². The summed E-state index contributed by atoms with van der Waals surface area (Å²) in [6.07, 6.45) is 0.698. The Morgan fingerprint density at radius 2 is 1.80 bits per heavy atom. The normalized spacial score (nSPS) is 15.9. The lowest BCUT2D eigenvalue weighted by atomic mass is 10.1. The number of nitrogens with one attached hydrogen (secondary N) is 2. The molecular weight excluding hydrogens is 442 g/mol. The van der Waals surface area contributed by atoms with Crippen LogP contribution >= 0.6 is 0 Å². The largest absolute Gasteiger partial charge is 0.454 e. The van der Waals surface area contributed by atoms with Crippen LogP contribution in [0.15, 0.2) is 66.7 Å². The van der Waals surface area contributed by atoms with Crippen LogP contribution in [0.25, 0.3) is 0 Å². The van der Waals surface area contributed by atoms with Gasteiger partial charge in [0.1, 0.15) is 6.17 Å². The van der Waals surface area contributed by atoms with E-state index in [-0.39, 0.29) is 24.8 Å². The number of amides is 2. The molecule has 0 saturated heterocycles. The highest BCUT2D eigenvalue weighted by molar-refractivity contribution is 5.99. The lowest BCUT2D eigenvalue weighted by Crippen LogP contribution is -2.33. The number of benzene rings is 3. The van der Waals surface area contributed by atoms with Crippen molar-refractivity contribution in [2.45, 2.75) is 33.0 Å². The number of hydrogen-bond acceptors (Lipinski definition) is 5. The van der Waals surface area contributed by atoms with E-state index in [4.69, 9.17) is 9.47 Å². The first-order valence-electron chi connectivity index (χ1n) is 11.9. The maximum atomic E-state index is 13.0. The van der Waals surface area contributed by atoms with Gasteiger partial charge in [-0.25, -0.2) is 0 Å². The summed E-state index contributed by atoms with van der Waals surface area (Å²) in [6, 6.07) is 20.7. The van der Waals surface area contributed by atoms with E-state index >= 15 is 0 Å². The summed E-state index contributed by atoms with van der Waals surface area (Å²) in [7, 11) is 0. The quantitative estimate of drug-likeness (QED) is 0.486. The molecule has 2 aliphatic heterocycles. The van der Waals surface area contributed by atoms with Gasteiger partial charge in [0, 0.05) is 35.5 Å². The van der Waals surface area contributed by atoms with Gasteiger partial charge in [0.2, 0.25) is 6.79 Å². The molecule has 2 aliphatic rings. The Labute approximate surface area is 205 Å². The first-order chi connectivity index (χ1) is 17.0. The molecule has 0 radical (unpaired) electrons. The highest BCUT2D eigenvalue weighted by Crippen LogP contribution is 2.35. The van der Waals surface area contributed by atoms with Gasteiger partial charge in [-0.15, -0.1) is 0 Å². The van der Waals surface area contributed by atoms with E-state index in [1.807, 2.05) is 59.5 Å². The lowest BCUT2D eigenvalue weighted by Gasteiger charge is -2.28. The molecule has 0 saturated carbocycles. The Morgan fingerprint density at radius 1 is 1.03 bits per heavy atom. The van der Waals surface area contributed by atoms with Crippen molar-refractivity contribution in [3.63, 3.8) is 0 Å². The van der Waals surface area contributed by atoms with Gasteiger partial charge in [-0.05, 0) is 60.4 Å². The number of carbonyl (C=O) groups excluding carboxylic acids is 2. The summed E-state index contributed by atoms with van der Waals surface area (Å²) in [5.41, 5.74) is 4.07. The van der Waals surface area contributed by atoms with Gasteiger partial charge >= 0.3 is 0 Å². The molecule has 1 atom stereocenters. The van der Waals surface area contributed by atoms with Crippen LogP contribution in [0.5, 0.6) is 11.5 Å². The number of carbonyl (C=O) groups is 2. The number of anilines is 1. The Bertz CT molecular complexity index is 1240. The topological polar surface area (TPSA) is 79.9 Å². The summed E-state index contributed by atoms with van der Waals surface area (Å²) in [6.45, 7) is 5.62. The van der Waals surface area contributed by atoms with Crippen LogP contribution in [-0.2, 0) is 6.54 Å². The summed E-state index contributed by atoms with van der Waals surface area (Å²) >= 11 is 0. The summed E-state index contributed by atoms with van der Waals surface area (Å²) in [4.78, 5) is 27.6. The average molecular weight is 472 g/mol. The van der Waals surface area contributed by atoms with Crippen LogP contribution < -0.4 is 20.1 Å². The van der Waals surface area contributed by atoms with Crippen molar-refractivity contribution in [3.8, 4) is 11.5 Å². The average Bonchev–Trinajstić information content (AvgIpc) is 3.44. The molecule has 0 aromatic heterocycles. The third kappa shape index (κ3) is 4.80. The molecular formula is C28H29N3O4. The second-order valence-electron chi connectivity index (χ2n) is 9.26. The Hall–Kier alpha value is -4.00. The predicted octanol–water partition coefficient (Wildman–Crippen LogP) is 4.96. The molecule has 0 unspecified atom stereocenters. The molecule has 0 aliphatic carbocycles. The van der Waals surface area contributed by atoms with Crippen LogP contribution in [0.1, 0.15) is 58.3 Å². The second-order valence-corrected chi connectivity index (χ2v) is 9.26. The highest BCUT2D eigenvalue weighted by Gasteiger charge is 2.36. The Kier molecular flexibility index (Phi) is 6.31. The fraction of sp³-hybridized carbons (Fsp3) is 0.286. The number of nitrogens with zero attached hydrogens (tertiary/aromatic N) is 1. The van der Waals surface area contributed by atoms with Crippen molar-refractivity contribution in [1.29, 1.82) is 0 Å². The van der Waals surface area contributed by atoms with Gasteiger partial charge in [0.25, 0.3) is 11.8 Å². The van der Waals surface area contributed by atoms with Gasteiger partial charge in [-0.1, -0.05) is 38.1 Å². The van der Waals surface area contributed by atoms with E-state index in [9.17, 15) is 9.59 Å². The van der Waals surface area contributed by atoms with Crippen LogP contribution in [-0.4, -0.2) is 30.1 Å². The molecule has 2 amide bonds. The standard InChI is InChI=1S/C28H29N3O4/c1-18(2)13-14-31-26(22-5-3-4-6-23(22)28(31)33)30-21-10-8-20(9-11-21)27(32)29-16-19-7-12-24-25(15-19)35-17-34-24/h3-12,15,18,26,30H,13-14,16-17H2,1-2H3,(H,29,32)/t26-/m0/s1. The highest BCUT2D eigenvalue weighted by atomic mass is 16.7. The minimum Gasteiger partial charge on any atom is -0.454 e. The van der Waals surface area contributed by atoms with E-state index in [0.717, 1.165) is 34.5 Å². The monoisotopic (exact) mass is 471 g/mol. The van der Waals surface area contributed by atoms with Gasteiger partial charge in [0.05, 0.1) is 0 Å². The number of rotatable bonds is 8. The maximum absolute atomic E-state index is 13.0. The van der Waals surface area contributed by atoms with Gasteiger partial charge < -0.3 is 25.0 Å². The van der Waals surface area contributed by atoms with Crippen molar-refractivity contribution >= 4 is 17.5 Å². The number of ether oxygens (including phenoxy) is 2. The molecule has 2 N–H and O–H groups in total. The van der Waals surface area contributed by atoms with E-state index < -0.39 is 0 Å². The molecule has 7 heteroatoms. The fourth-order valence-electron chi connectivity index (χ4n) is 4.36. The zero-order valence-corrected chi connectivity index (χ0v) is 19.9. The molecule has 0 bridgehead atoms. The van der Waals surface area contributed by atoms with E-state index in [1.54, 1.807) is 12.1 Å². The Balaban J connectivity index is 1.24. The molecule has 7 nitrogen and oxygen atoms in total. The van der Waals surface area contributed by atoms with Crippen LogP contribution in [0.2, 0.25) is 0 Å². The van der Waals surface area contributed by atoms with Gasteiger partial charge in [-0.2, -0.15) is 0 Å².